The van der Waals surface area contributed by atoms with Crippen LogP contribution >= 0.6 is 0 Å². The zero-order valence-electron chi connectivity index (χ0n) is 24.7. The fourth-order valence-electron chi connectivity index (χ4n) is 7.47. The van der Waals surface area contributed by atoms with E-state index < -0.39 is 0 Å². The Labute approximate surface area is 259 Å². The number of rotatable bonds is 2. The summed E-state index contributed by atoms with van der Waals surface area (Å²) in [5.74, 6) is 1.65. The van der Waals surface area contributed by atoms with Crippen molar-refractivity contribution in [3.63, 3.8) is 0 Å². The third-order valence-electron chi connectivity index (χ3n) is 9.56. The highest BCUT2D eigenvalue weighted by atomic mass is 15.1. The molecule has 0 aliphatic heterocycles. The van der Waals surface area contributed by atoms with Gasteiger partial charge in [-0.25, -0.2) is 9.83 Å². The van der Waals surface area contributed by atoms with Crippen LogP contribution in [0.25, 0.3) is 71.2 Å². The maximum absolute atomic E-state index is 9.59. The van der Waals surface area contributed by atoms with Crippen LogP contribution in [0.15, 0.2) is 115 Å². The summed E-state index contributed by atoms with van der Waals surface area (Å²) in [5.41, 5.74) is 10.2. The summed E-state index contributed by atoms with van der Waals surface area (Å²) in [4.78, 5) is 9.04. The molecule has 0 bridgehead atoms. The highest BCUT2D eigenvalue weighted by Gasteiger charge is 2.36. The Balaban J connectivity index is 1.32. The third-order valence-corrected chi connectivity index (χ3v) is 9.56. The van der Waals surface area contributed by atoms with Gasteiger partial charge in [0, 0.05) is 27.0 Å². The number of fused-ring (bicyclic) bond motifs is 9. The van der Waals surface area contributed by atoms with Gasteiger partial charge in [0.25, 0.3) is 0 Å². The van der Waals surface area contributed by atoms with Gasteiger partial charge in [-0.2, -0.15) is 5.26 Å². The standard InChI is InChI=1S/C40H25N5/c1-40(2)32-17-16-25(42-3)20-28(32)29-21-31-27-10-5-7-12-35(27)45(37(31)22-33(29)40)39-14-8-13-38(43-39)44-34-11-6-4-9-26(34)30-19-24(23-41)15-18-36(30)44/h4-22H,1-2H3. The van der Waals surface area contributed by atoms with Crippen molar-refractivity contribution in [1.82, 2.24) is 14.1 Å². The largest absolute Gasteiger partial charge is 0.294 e. The first-order valence-electron chi connectivity index (χ1n) is 15.0. The van der Waals surface area contributed by atoms with Gasteiger partial charge in [-0.05, 0) is 82.9 Å². The van der Waals surface area contributed by atoms with E-state index in [1.54, 1.807) is 0 Å². The number of aromatic nitrogens is 3. The van der Waals surface area contributed by atoms with Gasteiger partial charge in [0.2, 0.25) is 0 Å². The molecule has 0 saturated heterocycles. The summed E-state index contributed by atoms with van der Waals surface area (Å²) >= 11 is 0. The summed E-state index contributed by atoms with van der Waals surface area (Å²) in [7, 11) is 0. The second-order valence-corrected chi connectivity index (χ2v) is 12.3. The Hall–Kier alpha value is -6.17. The van der Waals surface area contributed by atoms with Crippen LogP contribution in [0.2, 0.25) is 0 Å². The lowest BCUT2D eigenvalue weighted by molar-refractivity contribution is 0.661. The molecule has 0 spiro atoms. The van der Waals surface area contributed by atoms with E-state index in [1.807, 2.05) is 48.5 Å². The smallest absolute Gasteiger partial charge is 0.187 e. The maximum Gasteiger partial charge on any atom is 0.187 e. The number of nitriles is 1. The molecule has 0 atom stereocenters. The number of hydrogen-bond acceptors (Lipinski definition) is 2. The van der Waals surface area contributed by atoms with Crippen LogP contribution in [-0.2, 0) is 5.41 Å². The van der Waals surface area contributed by atoms with E-state index in [1.165, 1.54) is 16.7 Å². The predicted octanol–water partition coefficient (Wildman–Crippen LogP) is 10.0. The number of pyridine rings is 1. The molecule has 8 aromatic rings. The van der Waals surface area contributed by atoms with Crippen LogP contribution < -0.4 is 0 Å². The second kappa shape index (κ2) is 8.92. The van der Waals surface area contributed by atoms with E-state index in [0.29, 0.717) is 11.3 Å². The van der Waals surface area contributed by atoms with Crippen molar-refractivity contribution >= 4 is 49.3 Å². The van der Waals surface area contributed by atoms with Gasteiger partial charge in [-0.1, -0.05) is 68.4 Å². The number of para-hydroxylation sites is 2. The Morgan fingerprint density at radius 1 is 0.622 bits per heavy atom. The summed E-state index contributed by atoms with van der Waals surface area (Å²) in [6, 6.07) is 41.9. The minimum absolute atomic E-state index is 0.207. The lowest BCUT2D eigenvalue weighted by Crippen LogP contribution is -2.15. The molecular formula is C40H25N5. The Kier molecular flexibility index (Phi) is 5.03. The quantitative estimate of drug-likeness (QED) is 0.193. The van der Waals surface area contributed by atoms with Gasteiger partial charge in [0.05, 0.1) is 40.3 Å². The van der Waals surface area contributed by atoms with E-state index >= 15 is 0 Å². The van der Waals surface area contributed by atoms with Gasteiger partial charge in [0.15, 0.2) is 5.69 Å². The maximum atomic E-state index is 9.59. The molecule has 9 rings (SSSR count). The number of nitrogens with zero attached hydrogens (tertiary/aromatic N) is 5. The van der Waals surface area contributed by atoms with Crippen LogP contribution in [0.1, 0.15) is 30.5 Å². The zero-order chi connectivity index (χ0) is 30.4. The van der Waals surface area contributed by atoms with Gasteiger partial charge < -0.3 is 0 Å². The average Bonchev–Trinajstić information content (AvgIpc) is 3.66. The minimum atomic E-state index is -0.207. The number of benzene rings is 5. The van der Waals surface area contributed by atoms with Gasteiger partial charge in [-0.15, -0.1) is 0 Å². The summed E-state index contributed by atoms with van der Waals surface area (Å²) in [6.07, 6.45) is 0. The van der Waals surface area contributed by atoms with E-state index in [2.05, 4.69) is 101 Å². The highest BCUT2D eigenvalue weighted by molar-refractivity contribution is 6.12. The first kappa shape index (κ1) is 25.3. The van der Waals surface area contributed by atoms with E-state index in [4.69, 9.17) is 11.6 Å². The van der Waals surface area contributed by atoms with Crippen molar-refractivity contribution in [1.29, 1.82) is 5.26 Å². The van der Waals surface area contributed by atoms with Crippen molar-refractivity contribution in [3.05, 3.63) is 143 Å². The zero-order valence-corrected chi connectivity index (χ0v) is 24.7. The fraction of sp³-hybridized carbons (Fsp3) is 0.0750. The molecule has 0 N–H and O–H groups in total. The predicted molar refractivity (Wildman–Crippen MR) is 181 cm³/mol. The normalized spacial score (nSPS) is 13.2. The van der Waals surface area contributed by atoms with Crippen LogP contribution in [0.5, 0.6) is 0 Å². The molecule has 1 aliphatic carbocycles. The number of hydrogen-bond donors (Lipinski definition) is 0. The van der Waals surface area contributed by atoms with Crippen LogP contribution in [0, 0.1) is 17.9 Å². The fourth-order valence-corrected chi connectivity index (χ4v) is 7.47. The molecule has 45 heavy (non-hydrogen) atoms. The molecular weight excluding hydrogens is 550 g/mol. The summed E-state index contributed by atoms with van der Waals surface area (Å²) < 4.78 is 4.47. The van der Waals surface area contributed by atoms with Crippen molar-refractivity contribution in [3.8, 4) is 28.8 Å². The molecule has 0 fully saturated rings. The monoisotopic (exact) mass is 575 g/mol. The van der Waals surface area contributed by atoms with Gasteiger partial charge in [-0.3, -0.25) is 9.13 Å². The van der Waals surface area contributed by atoms with Crippen LogP contribution in [0.4, 0.5) is 5.69 Å². The van der Waals surface area contributed by atoms with E-state index in [9.17, 15) is 5.26 Å². The highest BCUT2D eigenvalue weighted by Crippen LogP contribution is 2.52. The molecule has 0 unspecified atom stereocenters. The topological polar surface area (TPSA) is 50.9 Å². The lowest BCUT2D eigenvalue weighted by Gasteiger charge is -2.22. The SMILES string of the molecule is [C-]#[N+]c1ccc2c(c1)-c1cc3c4ccccc4n(-c4cccc(-n5c6ccccc6c6cc(C#N)ccc65)n4)c3cc1C2(C)C. The average molecular weight is 576 g/mol. The van der Waals surface area contributed by atoms with Gasteiger partial charge in [0.1, 0.15) is 11.6 Å². The first-order valence-corrected chi connectivity index (χ1v) is 15.0. The molecule has 210 valence electrons. The Morgan fingerprint density at radius 3 is 1.93 bits per heavy atom. The minimum Gasteiger partial charge on any atom is -0.294 e. The lowest BCUT2D eigenvalue weighted by atomic mass is 9.82. The molecule has 0 radical (unpaired) electrons. The first-order chi connectivity index (χ1) is 22.0. The molecule has 5 aromatic carbocycles. The molecule has 5 nitrogen and oxygen atoms in total. The van der Waals surface area contributed by atoms with Gasteiger partial charge >= 0.3 is 0 Å². The van der Waals surface area contributed by atoms with Crippen molar-refractivity contribution in [2.45, 2.75) is 19.3 Å². The second-order valence-electron chi connectivity index (χ2n) is 12.3. The molecule has 3 heterocycles. The summed E-state index contributed by atoms with van der Waals surface area (Å²) in [6.45, 7) is 12.1. The molecule has 0 amide bonds. The van der Waals surface area contributed by atoms with Crippen LogP contribution in [0.3, 0.4) is 0 Å². The van der Waals surface area contributed by atoms with Crippen molar-refractivity contribution in [2.75, 3.05) is 0 Å². The van der Waals surface area contributed by atoms with Crippen LogP contribution in [-0.4, -0.2) is 14.1 Å². The van der Waals surface area contributed by atoms with E-state index in [0.717, 1.165) is 60.8 Å². The third kappa shape index (κ3) is 3.38. The Bertz CT molecular complexity index is 2650. The molecule has 5 heteroatoms. The molecule has 0 saturated carbocycles. The Morgan fingerprint density at radius 2 is 1.24 bits per heavy atom. The van der Waals surface area contributed by atoms with Crippen molar-refractivity contribution in [2.24, 2.45) is 0 Å². The molecule has 3 aromatic heterocycles. The molecule has 1 aliphatic rings. The van der Waals surface area contributed by atoms with Crippen molar-refractivity contribution < 1.29 is 0 Å². The van der Waals surface area contributed by atoms with E-state index in [-0.39, 0.29) is 5.41 Å². The summed E-state index contributed by atoms with van der Waals surface area (Å²) in [5, 5.41) is 14.0.